The van der Waals surface area contributed by atoms with Crippen LogP contribution in [0.25, 0.3) is 21.9 Å². The fraction of sp³-hybridized carbons (Fsp3) is 0.105. The van der Waals surface area contributed by atoms with Gasteiger partial charge in [0.1, 0.15) is 4.60 Å². The molecule has 2 aromatic heterocycles. The van der Waals surface area contributed by atoms with Crippen molar-refractivity contribution < 1.29 is 8.42 Å². The zero-order valence-corrected chi connectivity index (χ0v) is 16.1. The average molecular weight is 415 g/mol. The molecule has 4 rings (SSSR count). The van der Waals surface area contributed by atoms with E-state index in [1.54, 1.807) is 24.3 Å². The third kappa shape index (κ3) is 2.56. The lowest BCUT2D eigenvalue weighted by atomic mass is 10.1. The van der Waals surface area contributed by atoms with Crippen molar-refractivity contribution in [2.45, 2.75) is 18.7 Å². The van der Waals surface area contributed by atoms with Gasteiger partial charge in [0.2, 0.25) is 0 Å². The number of hydrogen-bond acceptors (Lipinski definition) is 3. The van der Waals surface area contributed by atoms with Gasteiger partial charge in [-0.3, -0.25) is 0 Å². The van der Waals surface area contributed by atoms with Crippen molar-refractivity contribution in [3.05, 3.63) is 70.3 Å². The van der Waals surface area contributed by atoms with Crippen molar-refractivity contribution in [3.8, 4) is 0 Å². The number of nitrogens with zero attached hydrogens (tertiary/aromatic N) is 2. The molecule has 0 aliphatic heterocycles. The summed E-state index contributed by atoms with van der Waals surface area (Å²) in [6.45, 7) is 3.92. The van der Waals surface area contributed by atoms with E-state index in [2.05, 4.69) is 20.9 Å². The zero-order chi connectivity index (χ0) is 17.8. The molecule has 0 amide bonds. The van der Waals surface area contributed by atoms with E-state index in [0.717, 1.165) is 21.9 Å². The molecule has 0 bridgehead atoms. The highest BCUT2D eigenvalue weighted by molar-refractivity contribution is 9.10. The molecule has 126 valence electrons. The van der Waals surface area contributed by atoms with Crippen molar-refractivity contribution in [1.29, 1.82) is 0 Å². The van der Waals surface area contributed by atoms with E-state index in [0.29, 0.717) is 15.8 Å². The standard InChI is InChI=1S/C19H15BrN2O2S/c1-12-3-6-14(7-4-12)25(23,24)22-17-9-5-13(2)11-16(17)15-8-10-18(20)21-19(15)22/h3-11H,1-2H3. The van der Waals surface area contributed by atoms with Gasteiger partial charge in [0.25, 0.3) is 10.0 Å². The van der Waals surface area contributed by atoms with Crippen molar-refractivity contribution in [3.63, 3.8) is 0 Å². The first kappa shape index (κ1) is 16.3. The van der Waals surface area contributed by atoms with Crippen LogP contribution in [-0.4, -0.2) is 17.4 Å². The van der Waals surface area contributed by atoms with E-state index in [-0.39, 0.29) is 4.90 Å². The summed E-state index contributed by atoms with van der Waals surface area (Å²) >= 11 is 3.35. The summed E-state index contributed by atoms with van der Waals surface area (Å²) in [5.74, 6) is 0. The van der Waals surface area contributed by atoms with Crippen LogP contribution in [0.4, 0.5) is 0 Å². The second-order valence-corrected chi connectivity index (χ2v) is 8.71. The largest absolute Gasteiger partial charge is 0.269 e. The van der Waals surface area contributed by atoms with Crippen molar-refractivity contribution in [2.75, 3.05) is 0 Å². The first-order chi connectivity index (χ1) is 11.9. The van der Waals surface area contributed by atoms with Crippen LogP contribution in [0, 0.1) is 13.8 Å². The number of aromatic nitrogens is 2. The molecular formula is C19H15BrN2O2S. The fourth-order valence-corrected chi connectivity index (χ4v) is 4.78. The van der Waals surface area contributed by atoms with Gasteiger partial charge in [0, 0.05) is 10.8 Å². The minimum absolute atomic E-state index is 0.249. The Morgan fingerprint density at radius 2 is 1.56 bits per heavy atom. The highest BCUT2D eigenvalue weighted by Gasteiger charge is 2.24. The number of hydrogen-bond donors (Lipinski definition) is 0. The quantitative estimate of drug-likeness (QED) is 0.442. The van der Waals surface area contributed by atoms with Crippen LogP contribution in [0.15, 0.2) is 64.1 Å². The number of pyridine rings is 1. The molecule has 0 spiro atoms. The molecule has 0 N–H and O–H groups in total. The second kappa shape index (κ2) is 5.68. The lowest BCUT2D eigenvalue weighted by Crippen LogP contribution is -2.13. The highest BCUT2D eigenvalue weighted by atomic mass is 79.9. The SMILES string of the molecule is Cc1ccc(S(=O)(=O)n2c3ccc(C)cc3c3ccc(Br)nc32)cc1. The molecule has 0 atom stereocenters. The Bertz CT molecular complexity index is 1230. The van der Waals surface area contributed by atoms with Crippen LogP contribution in [0.5, 0.6) is 0 Å². The number of benzene rings is 2. The normalized spacial score (nSPS) is 12.1. The number of aryl methyl sites for hydroxylation is 2. The Morgan fingerprint density at radius 3 is 2.28 bits per heavy atom. The summed E-state index contributed by atoms with van der Waals surface area (Å²) in [5.41, 5.74) is 3.14. The Morgan fingerprint density at radius 1 is 0.880 bits per heavy atom. The predicted molar refractivity (Wildman–Crippen MR) is 103 cm³/mol. The van der Waals surface area contributed by atoms with Crippen LogP contribution in [0.2, 0.25) is 0 Å². The van der Waals surface area contributed by atoms with Crippen molar-refractivity contribution >= 4 is 47.9 Å². The molecule has 2 heterocycles. The van der Waals surface area contributed by atoms with Gasteiger partial charge in [-0.15, -0.1) is 0 Å². The van der Waals surface area contributed by atoms with Gasteiger partial charge >= 0.3 is 0 Å². The molecule has 4 nitrogen and oxygen atoms in total. The molecule has 4 aromatic rings. The maximum Gasteiger partial charge on any atom is 0.269 e. The Balaban J connectivity index is 2.15. The Kier molecular flexibility index (Phi) is 3.70. The molecule has 25 heavy (non-hydrogen) atoms. The third-order valence-corrected chi connectivity index (χ3v) is 6.41. The van der Waals surface area contributed by atoms with Gasteiger partial charge < -0.3 is 0 Å². The minimum atomic E-state index is -3.76. The maximum atomic E-state index is 13.3. The lowest BCUT2D eigenvalue weighted by molar-refractivity contribution is 0.590. The first-order valence-corrected chi connectivity index (χ1v) is 10.0. The van der Waals surface area contributed by atoms with E-state index < -0.39 is 10.0 Å². The van der Waals surface area contributed by atoms with E-state index in [9.17, 15) is 8.42 Å². The summed E-state index contributed by atoms with van der Waals surface area (Å²) < 4.78 is 28.6. The summed E-state index contributed by atoms with van der Waals surface area (Å²) in [6.07, 6.45) is 0. The van der Waals surface area contributed by atoms with Crippen molar-refractivity contribution in [1.82, 2.24) is 8.96 Å². The fourth-order valence-electron chi connectivity index (χ4n) is 3.01. The number of fused-ring (bicyclic) bond motifs is 3. The van der Waals surface area contributed by atoms with E-state index in [1.807, 2.05) is 44.2 Å². The molecule has 0 aliphatic carbocycles. The smallest absolute Gasteiger partial charge is 0.222 e. The van der Waals surface area contributed by atoms with Gasteiger partial charge in [-0.1, -0.05) is 29.3 Å². The van der Waals surface area contributed by atoms with Crippen LogP contribution in [0.3, 0.4) is 0 Å². The molecule has 6 heteroatoms. The summed E-state index contributed by atoms with van der Waals surface area (Å²) in [4.78, 5) is 4.70. The second-order valence-electron chi connectivity index (χ2n) is 6.11. The summed E-state index contributed by atoms with van der Waals surface area (Å²) in [6, 6.07) is 16.3. The van der Waals surface area contributed by atoms with Crippen LogP contribution < -0.4 is 0 Å². The number of rotatable bonds is 2. The lowest BCUT2D eigenvalue weighted by Gasteiger charge is -2.09. The predicted octanol–water partition coefficient (Wildman–Crippen LogP) is 4.81. The molecule has 0 saturated heterocycles. The van der Waals surface area contributed by atoms with Gasteiger partial charge in [0.15, 0.2) is 5.65 Å². The Hall–Kier alpha value is -2.18. The highest BCUT2D eigenvalue weighted by Crippen LogP contribution is 2.33. The van der Waals surface area contributed by atoms with E-state index in [1.165, 1.54) is 3.97 Å². The molecule has 2 aromatic carbocycles. The molecule has 0 aliphatic rings. The van der Waals surface area contributed by atoms with Gasteiger partial charge in [-0.25, -0.2) is 17.4 Å². The molecule has 0 unspecified atom stereocenters. The Labute approximate surface area is 154 Å². The average Bonchev–Trinajstić information content (AvgIpc) is 2.88. The van der Waals surface area contributed by atoms with Crippen LogP contribution in [0.1, 0.15) is 11.1 Å². The third-order valence-electron chi connectivity index (χ3n) is 4.25. The van der Waals surface area contributed by atoms with E-state index >= 15 is 0 Å². The van der Waals surface area contributed by atoms with Gasteiger partial charge in [-0.2, -0.15) is 0 Å². The van der Waals surface area contributed by atoms with Gasteiger partial charge in [0.05, 0.1) is 10.4 Å². The summed E-state index contributed by atoms with van der Waals surface area (Å²) in [7, 11) is -3.76. The first-order valence-electron chi connectivity index (χ1n) is 7.77. The number of halogens is 1. The topological polar surface area (TPSA) is 52.0 Å². The monoisotopic (exact) mass is 414 g/mol. The van der Waals surface area contributed by atoms with Gasteiger partial charge in [-0.05, 0) is 66.2 Å². The molecular weight excluding hydrogens is 400 g/mol. The van der Waals surface area contributed by atoms with Crippen LogP contribution in [-0.2, 0) is 10.0 Å². The molecule has 0 fully saturated rings. The minimum Gasteiger partial charge on any atom is -0.222 e. The maximum absolute atomic E-state index is 13.3. The molecule has 0 saturated carbocycles. The van der Waals surface area contributed by atoms with Crippen LogP contribution >= 0.6 is 15.9 Å². The zero-order valence-electron chi connectivity index (χ0n) is 13.7. The van der Waals surface area contributed by atoms with E-state index in [4.69, 9.17) is 0 Å². The summed E-state index contributed by atoms with van der Waals surface area (Å²) in [5, 5.41) is 1.70. The molecule has 0 radical (unpaired) electrons. The van der Waals surface area contributed by atoms with Crippen molar-refractivity contribution in [2.24, 2.45) is 0 Å².